The van der Waals surface area contributed by atoms with E-state index in [-0.39, 0.29) is 6.54 Å². The van der Waals surface area contributed by atoms with E-state index in [0.29, 0.717) is 27.7 Å². The minimum atomic E-state index is -4.43. The number of rotatable bonds is 3. The molecule has 1 aromatic heterocycles. The Balaban J connectivity index is 1.77. The first-order chi connectivity index (χ1) is 12.9. The maximum absolute atomic E-state index is 13.1. The van der Waals surface area contributed by atoms with Crippen LogP contribution in [-0.4, -0.2) is 27.2 Å². The highest BCUT2D eigenvalue weighted by molar-refractivity contribution is 6.31. The first kappa shape index (κ1) is 17.4. The number of hydrogen-bond acceptors (Lipinski definition) is 6. The molecule has 0 bridgehead atoms. The van der Waals surface area contributed by atoms with Crippen molar-refractivity contribution in [2.75, 3.05) is 11.6 Å². The van der Waals surface area contributed by atoms with Crippen molar-refractivity contribution < 1.29 is 13.2 Å². The van der Waals surface area contributed by atoms with Gasteiger partial charge in [0.2, 0.25) is 5.82 Å². The predicted octanol–water partition coefficient (Wildman–Crippen LogP) is 4.47. The summed E-state index contributed by atoms with van der Waals surface area (Å²) in [6.45, 7) is 0.208. The number of aromatic nitrogens is 4. The van der Waals surface area contributed by atoms with Gasteiger partial charge in [-0.15, -0.1) is 10.2 Å². The first-order valence-electron chi connectivity index (χ1n) is 7.80. The molecule has 1 unspecified atom stereocenters. The van der Waals surface area contributed by atoms with Crippen molar-refractivity contribution in [3.05, 3.63) is 58.6 Å². The van der Waals surface area contributed by atoms with Gasteiger partial charge in [-0.25, -0.2) is 5.01 Å². The Hall–Kier alpha value is -3.01. The van der Waals surface area contributed by atoms with Gasteiger partial charge in [0.05, 0.1) is 17.8 Å². The summed E-state index contributed by atoms with van der Waals surface area (Å²) in [4.78, 5) is 0. The number of hydrogen-bond donors (Lipinski definition) is 1. The van der Waals surface area contributed by atoms with E-state index in [0.717, 1.165) is 12.1 Å². The molecule has 0 saturated heterocycles. The standard InChI is InChI=1S/C16H11ClF3N7/c17-11-4-5-12(15-22-24-25-23-15)13(7-11)27-14(8-21-26-27)9-2-1-3-10(6-9)16(18,19)20/h1-7,14H,8H2,(H,22,23,24,25). The molecule has 3 aromatic rings. The van der Waals surface area contributed by atoms with E-state index in [2.05, 4.69) is 31.0 Å². The molecule has 11 heteroatoms. The smallest absolute Gasteiger partial charge is 0.237 e. The lowest BCUT2D eigenvalue weighted by Crippen LogP contribution is -2.22. The van der Waals surface area contributed by atoms with E-state index < -0.39 is 17.8 Å². The molecule has 2 aromatic carbocycles. The van der Waals surface area contributed by atoms with E-state index in [9.17, 15) is 13.2 Å². The van der Waals surface area contributed by atoms with E-state index in [1.54, 1.807) is 24.3 Å². The van der Waals surface area contributed by atoms with Gasteiger partial charge in [-0.1, -0.05) is 29.0 Å². The third-order valence-electron chi connectivity index (χ3n) is 4.10. The Morgan fingerprint density at radius 2 is 2.00 bits per heavy atom. The highest BCUT2D eigenvalue weighted by atomic mass is 35.5. The third kappa shape index (κ3) is 3.35. The summed E-state index contributed by atoms with van der Waals surface area (Å²) in [7, 11) is 0. The second kappa shape index (κ2) is 6.62. The van der Waals surface area contributed by atoms with Gasteiger partial charge in [0.1, 0.15) is 6.04 Å². The maximum Gasteiger partial charge on any atom is 0.416 e. The Bertz CT molecular complexity index is 988. The second-order valence-corrected chi connectivity index (χ2v) is 6.23. The summed E-state index contributed by atoms with van der Waals surface area (Å²) in [6.07, 6.45) is -4.43. The van der Waals surface area contributed by atoms with Crippen molar-refractivity contribution in [3.63, 3.8) is 0 Å². The molecule has 1 atom stereocenters. The molecule has 1 aliphatic rings. The third-order valence-corrected chi connectivity index (χ3v) is 4.34. The molecule has 138 valence electrons. The molecule has 0 saturated carbocycles. The van der Waals surface area contributed by atoms with Crippen molar-refractivity contribution in [2.24, 2.45) is 10.3 Å². The van der Waals surface area contributed by atoms with Crippen LogP contribution in [0.2, 0.25) is 5.02 Å². The van der Waals surface area contributed by atoms with Crippen LogP contribution >= 0.6 is 11.6 Å². The fraction of sp³-hybridized carbons (Fsp3) is 0.188. The summed E-state index contributed by atoms with van der Waals surface area (Å²) in [5.41, 5.74) is 0.809. The molecule has 1 aliphatic heterocycles. The molecule has 4 rings (SSSR count). The molecule has 27 heavy (non-hydrogen) atoms. The van der Waals surface area contributed by atoms with Crippen LogP contribution in [0.25, 0.3) is 11.4 Å². The molecule has 0 amide bonds. The molecular weight excluding hydrogens is 383 g/mol. The Morgan fingerprint density at radius 1 is 1.15 bits per heavy atom. The van der Waals surface area contributed by atoms with Crippen molar-refractivity contribution in [1.29, 1.82) is 0 Å². The molecule has 0 fully saturated rings. The molecular formula is C16H11ClF3N7. The van der Waals surface area contributed by atoms with Gasteiger partial charge in [0.15, 0.2) is 0 Å². The average molecular weight is 394 g/mol. The van der Waals surface area contributed by atoms with E-state index >= 15 is 0 Å². The highest BCUT2D eigenvalue weighted by Gasteiger charge is 2.33. The molecule has 2 heterocycles. The number of aromatic amines is 1. The van der Waals surface area contributed by atoms with Crippen molar-refractivity contribution in [2.45, 2.75) is 12.2 Å². The van der Waals surface area contributed by atoms with Crippen LogP contribution in [0, 0.1) is 0 Å². The van der Waals surface area contributed by atoms with Crippen LogP contribution in [0.5, 0.6) is 0 Å². The van der Waals surface area contributed by atoms with Gasteiger partial charge in [-0.2, -0.15) is 23.5 Å². The molecule has 7 nitrogen and oxygen atoms in total. The topological polar surface area (TPSA) is 82.4 Å². The lowest BCUT2D eigenvalue weighted by molar-refractivity contribution is -0.137. The normalized spacial score (nSPS) is 16.9. The molecule has 0 spiro atoms. The summed E-state index contributed by atoms with van der Waals surface area (Å²) in [5, 5.41) is 23.9. The first-order valence-corrected chi connectivity index (χ1v) is 8.18. The number of benzene rings is 2. The zero-order valence-electron chi connectivity index (χ0n) is 13.5. The van der Waals surface area contributed by atoms with Gasteiger partial charge in [-0.05, 0) is 41.1 Å². The van der Waals surface area contributed by atoms with Crippen LogP contribution in [0.15, 0.2) is 52.8 Å². The quantitative estimate of drug-likeness (QED) is 0.711. The van der Waals surface area contributed by atoms with E-state index in [1.807, 2.05) is 0 Å². The van der Waals surface area contributed by atoms with Crippen molar-refractivity contribution in [3.8, 4) is 11.4 Å². The lowest BCUT2D eigenvalue weighted by Gasteiger charge is -2.24. The van der Waals surface area contributed by atoms with Gasteiger partial charge in [0.25, 0.3) is 0 Å². The molecule has 0 aliphatic carbocycles. The number of alkyl halides is 3. The number of nitrogens with zero attached hydrogens (tertiary/aromatic N) is 6. The number of halogens is 4. The van der Waals surface area contributed by atoms with Gasteiger partial charge in [0, 0.05) is 10.6 Å². The van der Waals surface area contributed by atoms with Crippen LogP contribution < -0.4 is 5.01 Å². The second-order valence-electron chi connectivity index (χ2n) is 5.79. The number of anilines is 1. The molecule has 1 N–H and O–H groups in total. The Morgan fingerprint density at radius 3 is 2.74 bits per heavy atom. The number of nitrogens with one attached hydrogen (secondary N) is 1. The van der Waals surface area contributed by atoms with Crippen LogP contribution in [-0.2, 0) is 6.18 Å². The van der Waals surface area contributed by atoms with Crippen molar-refractivity contribution in [1.82, 2.24) is 20.6 Å². The summed E-state index contributed by atoms with van der Waals surface area (Å²) < 4.78 is 39.2. The SMILES string of the molecule is FC(F)(F)c1cccc(C2CN=NN2c2cc(Cl)ccc2-c2nn[nH]n2)c1. The van der Waals surface area contributed by atoms with Crippen molar-refractivity contribution >= 4 is 17.3 Å². The van der Waals surface area contributed by atoms with E-state index in [4.69, 9.17) is 11.6 Å². The number of H-pyrrole nitrogens is 1. The summed E-state index contributed by atoms with van der Waals surface area (Å²) in [6, 6.07) is 9.58. The zero-order valence-corrected chi connectivity index (χ0v) is 14.3. The van der Waals surface area contributed by atoms with Crippen LogP contribution in [0.4, 0.5) is 18.9 Å². The monoisotopic (exact) mass is 393 g/mol. The highest BCUT2D eigenvalue weighted by Crippen LogP contribution is 2.40. The number of tetrazole rings is 1. The Kier molecular flexibility index (Phi) is 4.27. The fourth-order valence-corrected chi connectivity index (χ4v) is 3.03. The van der Waals surface area contributed by atoms with E-state index in [1.165, 1.54) is 11.1 Å². The lowest BCUT2D eigenvalue weighted by atomic mass is 10.0. The summed E-state index contributed by atoms with van der Waals surface area (Å²) >= 11 is 6.12. The predicted molar refractivity (Wildman–Crippen MR) is 91.0 cm³/mol. The van der Waals surface area contributed by atoms with Gasteiger partial charge >= 0.3 is 6.18 Å². The molecule has 0 radical (unpaired) electrons. The maximum atomic E-state index is 13.1. The average Bonchev–Trinajstić information content (AvgIpc) is 3.33. The summed E-state index contributed by atoms with van der Waals surface area (Å²) in [5.74, 6) is 0.312. The largest absolute Gasteiger partial charge is 0.416 e. The zero-order chi connectivity index (χ0) is 19.0. The minimum Gasteiger partial charge on any atom is -0.237 e. The fourth-order valence-electron chi connectivity index (χ4n) is 2.87. The van der Waals surface area contributed by atoms with Crippen LogP contribution in [0.3, 0.4) is 0 Å². The van der Waals surface area contributed by atoms with Crippen LogP contribution in [0.1, 0.15) is 17.2 Å². The minimum absolute atomic E-state index is 0.208. The Labute approximate surface area is 155 Å². The van der Waals surface area contributed by atoms with Gasteiger partial charge < -0.3 is 0 Å². The van der Waals surface area contributed by atoms with Gasteiger partial charge in [-0.3, -0.25) is 0 Å².